The standard InChI is InChI=1S/C8H5BrClNO3S/c9-5-2-1-3-6-7(5)8(12)11(4-10)15(6,13)14/h1-3H,4H2. The van der Waals surface area contributed by atoms with Gasteiger partial charge in [-0.3, -0.25) is 4.79 Å². The van der Waals surface area contributed by atoms with Crippen LogP contribution in [-0.4, -0.2) is 24.6 Å². The van der Waals surface area contributed by atoms with Crippen molar-refractivity contribution in [1.82, 2.24) is 4.31 Å². The summed E-state index contributed by atoms with van der Waals surface area (Å²) >= 11 is 8.58. The van der Waals surface area contributed by atoms with Crippen LogP contribution in [0.2, 0.25) is 0 Å². The van der Waals surface area contributed by atoms with E-state index in [9.17, 15) is 13.2 Å². The number of rotatable bonds is 1. The van der Waals surface area contributed by atoms with Crippen LogP contribution in [0, 0.1) is 0 Å². The number of amides is 1. The van der Waals surface area contributed by atoms with E-state index in [4.69, 9.17) is 11.6 Å². The molecule has 0 fully saturated rings. The molecule has 0 saturated carbocycles. The normalized spacial score (nSPS) is 18.0. The summed E-state index contributed by atoms with van der Waals surface area (Å²) in [5.41, 5.74) is 0.151. The van der Waals surface area contributed by atoms with Crippen LogP contribution in [0.3, 0.4) is 0 Å². The molecule has 15 heavy (non-hydrogen) atoms. The van der Waals surface area contributed by atoms with Crippen molar-refractivity contribution in [3.05, 3.63) is 28.2 Å². The summed E-state index contributed by atoms with van der Waals surface area (Å²) in [6.07, 6.45) is 0. The Morgan fingerprint density at radius 2 is 2.07 bits per heavy atom. The second kappa shape index (κ2) is 3.47. The SMILES string of the molecule is O=C1c2c(Br)cccc2S(=O)(=O)N1CCl. The number of benzene rings is 1. The predicted octanol–water partition coefficient (Wildman–Crippen LogP) is 1.79. The summed E-state index contributed by atoms with van der Waals surface area (Å²) in [5, 5.41) is 0. The average Bonchev–Trinajstić information content (AvgIpc) is 2.36. The predicted molar refractivity (Wildman–Crippen MR) is 58.2 cm³/mol. The van der Waals surface area contributed by atoms with Gasteiger partial charge in [0, 0.05) is 4.47 Å². The molecule has 0 aliphatic carbocycles. The summed E-state index contributed by atoms with van der Waals surface area (Å²) in [7, 11) is -3.75. The lowest BCUT2D eigenvalue weighted by Gasteiger charge is -2.09. The number of nitrogens with zero attached hydrogens (tertiary/aromatic N) is 1. The van der Waals surface area contributed by atoms with E-state index in [-0.39, 0.29) is 16.5 Å². The molecule has 1 aliphatic rings. The number of carbonyl (C=O) groups is 1. The van der Waals surface area contributed by atoms with Crippen LogP contribution < -0.4 is 0 Å². The number of carbonyl (C=O) groups excluding carboxylic acids is 1. The first-order chi connectivity index (χ1) is 7.00. The highest BCUT2D eigenvalue weighted by Crippen LogP contribution is 2.34. The van der Waals surface area contributed by atoms with Crippen LogP contribution in [0.15, 0.2) is 27.6 Å². The molecule has 1 aliphatic heterocycles. The zero-order valence-electron chi connectivity index (χ0n) is 7.28. The molecule has 0 bridgehead atoms. The molecule has 2 rings (SSSR count). The molecule has 0 spiro atoms. The lowest BCUT2D eigenvalue weighted by atomic mass is 10.2. The Kier molecular flexibility index (Phi) is 2.52. The Morgan fingerprint density at radius 1 is 1.40 bits per heavy atom. The first-order valence-corrected chi connectivity index (χ1v) is 6.68. The fourth-order valence-corrected chi connectivity index (χ4v) is 3.94. The Bertz CT molecular complexity index is 543. The van der Waals surface area contributed by atoms with E-state index in [1.165, 1.54) is 6.07 Å². The second-order valence-electron chi connectivity index (χ2n) is 2.89. The third-order valence-electron chi connectivity index (χ3n) is 2.09. The molecule has 0 aromatic heterocycles. The van der Waals surface area contributed by atoms with E-state index in [2.05, 4.69) is 15.9 Å². The van der Waals surface area contributed by atoms with Crippen molar-refractivity contribution >= 4 is 43.5 Å². The highest BCUT2D eigenvalue weighted by atomic mass is 79.9. The first-order valence-electron chi connectivity index (χ1n) is 3.91. The third kappa shape index (κ3) is 1.39. The zero-order chi connectivity index (χ0) is 11.2. The Hall–Kier alpha value is -0.590. The molecule has 0 N–H and O–H groups in total. The van der Waals surface area contributed by atoms with E-state index in [1.807, 2.05) is 0 Å². The quantitative estimate of drug-likeness (QED) is 0.587. The maximum atomic E-state index is 11.8. The summed E-state index contributed by atoms with van der Waals surface area (Å²) in [6, 6.07) is 4.19. The van der Waals surface area contributed by atoms with E-state index in [1.54, 1.807) is 12.1 Å². The van der Waals surface area contributed by atoms with Crippen molar-refractivity contribution in [2.45, 2.75) is 4.90 Å². The monoisotopic (exact) mass is 309 g/mol. The average molecular weight is 311 g/mol. The van der Waals surface area contributed by atoms with Crippen molar-refractivity contribution in [2.75, 3.05) is 6.00 Å². The molecule has 1 heterocycles. The van der Waals surface area contributed by atoms with Gasteiger partial charge in [-0.25, -0.2) is 12.7 Å². The highest BCUT2D eigenvalue weighted by Gasteiger charge is 2.41. The minimum absolute atomic E-state index is 0.00234. The first kappa shape index (κ1) is 10.9. The molecule has 4 nitrogen and oxygen atoms in total. The third-order valence-corrected chi connectivity index (χ3v) is 4.91. The van der Waals surface area contributed by atoms with Crippen molar-refractivity contribution < 1.29 is 13.2 Å². The van der Waals surface area contributed by atoms with E-state index >= 15 is 0 Å². The van der Waals surface area contributed by atoms with Crippen LogP contribution in [-0.2, 0) is 10.0 Å². The van der Waals surface area contributed by atoms with E-state index < -0.39 is 15.9 Å². The van der Waals surface area contributed by atoms with Gasteiger partial charge in [-0.1, -0.05) is 6.07 Å². The summed E-state index contributed by atoms with van der Waals surface area (Å²) < 4.78 is 24.7. The van der Waals surface area contributed by atoms with Crippen molar-refractivity contribution in [3.8, 4) is 0 Å². The van der Waals surface area contributed by atoms with Crippen LogP contribution in [0.1, 0.15) is 10.4 Å². The van der Waals surface area contributed by atoms with E-state index in [0.717, 1.165) is 0 Å². The van der Waals surface area contributed by atoms with Gasteiger partial charge < -0.3 is 0 Å². The molecular formula is C8H5BrClNO3S. The summed E-state index contributed by atoms with van der Waals surface area (Å²) in [6.45, 7) is 0. The van der Waals surface area contributed by atoms with Gasteiger partial charge in [-0.15, -0.1) is 11.6 Å². The molecule has 80 valence electrons. The topological polar surface area (TPSA) is 54.5 Å². The minimum atomic E-state index is -3.75. The maximum Gasteiger partial charge on any atom is 0.271 e. The summed E-state index contributed by atoms with van der Waals surface area (Å²) in [5.74, 6) is -0.590. The Balaban J connectivity index is 2.80. The highest BCUT2D eigenvalue weighted by molar-refractivity contribution is 9.10. The second-order valence-corrected chi connectivity index (χ2v) is 5.82. The number of halogens is 2. The molecule has 0 unspecified atom stereocenters. The number of sulfonamides is 1. The number of hydrogen-bond acceptors (Lipinski definition) is 3. The van der Waals surface area contributed by atoms with Crippen LogP contribution >= 0.6 is 27.5 Å². The van der Waals surface area contributed by atoms with E-state index in [0.29, 0.717) is 8.78 Å². The Morgan fingerprint density at radius 3 is 2.60 bits per heavy atom. The molecule has 1 amide bonds. The van der Waals surface area contributed by atoms with Gasteiger partial charge in [0.25, 0.3) is 15.9 Å². The fourth-order valence-electron chi connectivity index (χ4n) is 1.40. The zero-order valence-corrected chi connectivity index (χ0v) is 10.4. The van der Waals surface area contributed by atoms with Crippen LogP contribution in [0.5, 0.6) is 0 Å². The molecular weight excluding hydrogens is 306 g/mol. The molecule has 1 aromatic rings. The molecule has 1 aromatic carbocycles. The molecule has 7 heteroatoms. The molecule has 0 radical (unpaired) electrons. The number of alkyl halides is 1. The fraction of sp³-hybridized carbons (Fsp3) is 0.125. The van der Waals surface area contributed by atoms with Crippen LogP contribution in [0.4, 0.5) is 0 Å². The van der Waals surface area contributed by atoms with Gasteiger partial charge in [0.2, 0.25) is 0 Å². The van der Waals surface area contributed by atoms with Crippen molar-refractivity contribution in [2.24, 2.45) is 0 Å². The summed E-state index contributed by atoms with van der Waals surface area (Å²) in [4.78, 5) is 11.7. The van der Waals surface area contributed by atoms with Crippen molar-refractivity contribution in [1.29, 1.82) is 0 Å². The number of fused-ring (bicyclic) bond motifs is 1. The largest absolute Gasteiger partial charge is 0.271 e. The maximum absolute atomic E-state index is 11.8. The van der Waals surface area contributed by atoms with Gasteiger partial charge in [-0.2, -0.15) is 0 Å². The van der Waals surface area contributed by atoms with Crippen LogP contribution in [0.25, 0.3) is 0 Å². The number of hydrogen-bond donors (Lipinski definition) is 0. The smallest absolute Gasteiger partial charge is 0.268 e. The van der Waals surface area contributed by atoms with Gasteiger partial charge >= 0.3 is 0 Å². The Labute approximate surface area is 100 Å². The van der Waals surface area contributed by atoms with Gasteiger partial charge in [0.05, 0.1) is 5.56 Å². The molecule has 0 atom stereocenters. The van der Waals surface area contributed by atoms with Gasteiger partial charge in [0.1, 0.15) is 10.9 Å². The van der Waals surface area contributed by atoms with Crippen molar-refractivity contribution in [3.63, 3.8) is 0 Å². The lowest BCUT2D eigenvalue weighted by molar-refractivity contribution is 0.0885. The minimum Gasteiger partial charge on any atom is -0.268 e. The molecule has 0 saturated heterocycles. The van der Waals surface area contributed by atoms with Gasteiger partial charge in [-0.05, 0) is 28.1 Å². The van der Waals surface area contributed by atoms with Gasteiger partial charge in [0.15, 0.2) is 0 Å². The lowest BCUT2D eigenvalue weighted by Crippen LogP contribution is -2.28.